The van der Waals surface area contributed by atoms with E-state index in [0.717, 1.165) is 88.4 Å². The van der Waals surface area contributed by atoms with Gasteiger partial charge in [0.2, 0.25) is 0 Å². The van der Waals surface area contributed by atoms with Crippen LogP contribution in [0.4, 0.5) is 0 Å². The van der Waals surface area contributed by atoms with Crippen molar-refractivity contribution in [2.45, 2.75) is 0 Å². The molecule has 0 saturated carbocycles. The molecular weight excluding hydrogens is 568 g/mol. The zero-order chi connectivity index (χ0) is 29.9. The Bertz CT molecular complexity index is 2940. The molecule has 0 saturated heterocycles. The second-order valence-electron chi connectivity index (χ2n) is 11.8. The van der Waals surface area contributed by atoms with Crippen LogP contribution in [0.2, 0.25) is 0 Å². The fourth-order valence-electron chi connectivity index (χ4n) is 7.46. The maximum Gasteiger partial charge on any atom is 0.147 e. The lowest BCUT2D eigenvalue weighted by atomic mass is 10.1. The lowest BCUT2D eigenvalue weighted by Gasteiger charge is -2.07. The Hall–Kier alpha value is -6.40. The van der Waals surface area contributed by atoms with Gasteiger partial charge in [0.25, 0.3) is 0 Å². The highest BCUT2D eigenvalue weighted by Gasteiger charge is 2.20. The first-order valence-electron chi connectivity index (χ1n) is 15.3. The van der Waals surface area contributed by atoms with E-state index in [-0.39, 0.29) is 0 Å². The quantitative estimate of drug-likeness (QED) is 0.201. The molecule has 0 aliphatic heterocycles. The predicted molar refractivity (Wildman–Crippen MR) is 185 cm³/mol. The lowest BCUT2D eigenvalue weighted by molar-refractivity contribution is 0.662. The second-order valence-corrected chi connectivity index (χ2v) is 11.8. The van der Waals surface area contributed by atoms with Gasteiger partial charge in [-0.15, -0.1) is 0 Å². The Balaban J connectivity index is 1.17. The van der Waals surface area contributed by atoms with Crippen molar-refractivity contribution in [2.75, 3.05) is 0 Å². The Labute approximate surface area is 260 Å². The molecule has 6 nitrogen and oxygen atoms in total. The van der Waals surface area contributed by atoms with Crippen LogP contribution in [0.5, 0.6) is 0 Å². The summed E-state index contributed by atoms with van der Waals surface area (Å²) in [7, 11) is 0. The van der Waals surface area contributed by atoms with Gasteiger partial charge < -0.3 is 8.83 Å². The van der Waals surface area contributed by atoms with Gasteiger partial charge in [-0.2, -0.15) is 0 Å². The van der Waals surface area contributed by atoms with Crippen molar-refractivity contribution >= 4 is 87.7 Å². The summed E-state index contributed by atoms with van der Waals surface area (Å²) in [6.45, 7) is 0. The van der Waals surface area contributed by atoms with E-state index in [1.807, 2.05) is 24.5 Å². The maximum absolute atomic E-state index is 6.65. The Kier molecular flexibility index (Phi) is 4.49. The third-order valence-electron chi connectivity index (χ3n) is 9.42. The first-order valence-corrected chi connectivity index (χ1v) is 15.3. The van der Waals surface area contributed by atoms with Crippen LogP contribution >= 0.6 is 0 Å². The summed E-state index contributed by atoms with van der Waals surface area (Å²) in [6.07, 6.45) is 3.71. The van der Waals surface area contributed by atoms with Gasteiger partial charge in [0.05, 0.1) is 16.4 Å². The first-order chi connectivity index (χ1) is 22.8. The molecule has 214 valence electrons. The van der Waals surface area contributed by atoms with Gasteiger partial charge in [-0.1, -0.05) is 36.4 Å². The van der Waals surface area contributed by atoms with E-state index in [9.17, 15) is 0 Å². The van der Waals surface area contributed by atoms with E-state index < -0.39 is 0 Å². The number of fused-ring (bicyclic) bond motifs is 13. The summed E-state index contributed by atoms with van der Waals surface area (Å²) in [5, 5.41) is 8.70. The Morgan fingerprint density at radius 1 is 0.413 bits per heavy atom. The third-order valence-corrected chi connectivity index (χ3v) is 9.42. The minimum absolute atomic E-state index is 0.797. The van der Waals surface area contributed by atoms with Crippen molar-refractivity contribution in [3.05, 3.63) is 134 Å². The summed E-state index contributed by atoms with van der Waals surface area (Å²) in [6, 6.07) is 42.1. The van der Waals surface area contributed by atoms with E-state index in [2.05, 4.69) is 118 Å². The predicted octanol–water partition coefficient (Wildman–Crippen LogP) is 10.5. The fraction of sp³-hybridized carbons (Fsp3) is 0. The smallest absolute Gasteiger partial charge is 0.147 e. The molecule has 0 spiro atoms. The van der Waals surface area contributed by atoms with Gasteiger partial charge in [-0.25, -0.2) is 9.97 Å². The van der Waals surface area contributed by atoms with Crippen molar-refractivity contribution < 1.29 is 8.83 Å². The summed E-state index contributed by atoms with van der Waals surface area (Å²) >= 11 is 0. The Morgan fingerprint density at radius 2 is 0.957 bits per heavy atom. The zero-order valence-corrected chi connectivity index (χ0v) is 24.3. The van der Waals surface area contributed by atoms with E-state index >= 15 is 0 Å². The normalized spacial score (nSPS) is 12.3. The average Bonchev–Trinajstić information content (AvgIpc) is 3.85. The molecule has 0 atom stereocenters. The number of benzene rings is 5. The number of pyridine rings is 2. The first kappa shape index (κ1) is 24.0. The second kappa shape index (κ2) is 8.61. The molecule has 6 aromatic heterocycles. The van der Waals surface area contributed by atoms with Gasteiger partial charge in [-0.3, -0.25) is 9.13 Å². The molecule has 0 amide bonds. The summed E-state index contributed by atoms with van der Waals surface area (Å²) in [4.78, 5) is 9.57. The monoisotopic (exact) mass is 590 g/mol. The molecule has 5 aromatic carbocycles. The molecule has 0 fully saturated rings. The number of hydrogen-bond donors (Lipinski definition) is 0. The van der Waals surface area contributed by atoms with Crippen LogP contribution in [0.15, 0.2) is 143 Å². The maximum atomic E-state index is 6.65. The highest BCUT2D eigenvalue weighted by molar-refractivity contribution is 6.22. The van der Waals surface area contributed by atoms with E-state index in [4.69, 9.17) is 18.8 Å². The number of furan rings is 2. The molecule has 6 heterocycles. The van der Waals surface area contributed by atoms with Gasteiger partial charge in [-0.05, 0) is 84.9 Å². The molecule has 0 N–H and O–H groups in total. The van der Waals surface area contributed by atoms with Crippen LogP contribution in [-0.2, 0) is 0 Å². The average molecular weight is 591 g/mol. The van der Waals surface area contributed by atoms with Crippen LogP contribution in [0.3, 0.4) is 0 Å². The van der Waals surface area contributed by atoms with E-state index in [1.54, 1.807) is 0 Å². The SMILES string of the molecule is c1ccc2c(c1)c1cccnc1n2-c1ccc2oc3c(ccc4oc5ccc(-n6c7ccccc7c7cccnc76)cc5c43)c2c1. The van der Waals surface area contributed by atoms with Crippen molar-refractivity contribution in [1.29, 1.82) is 0 Å². The minimum Gasteiger partial charge on any atom is -0.456 e. The number of hydrogen-bond acceptors (Lipinski definition) is 4. The van der Waals surface area contributed by atoms with Crippen molar-refractivity contribution in [3.8, 4) is 11.4 Å². The van der Waals surface area contributed by atoms with Crippen LogP contribution < -0.4 is 0 Å². The molecule has 0 bridgehead atoms. The molecule has 46 heavy (non-hydrogen) atoms. The highest BCUT2D eigenvalue weighted by Crippen LogP contribution is 2.42. The molecule has 6 heteroatoms. The van der Waals surface area contributed by atoms with E-state index in [1.165, 1.54) is 10.8 Å². The molecule has 0 unspecified atom stereocenters. The molecule has 0 aliphatic carbocycles. The largest absolute Gasteiger partial charge is 0.456 e. The number of rotatable bonds is 2. The number of nitrogens with zero attached hydrogens (tertiary/aromatic N) is 4. The standard InChI is InChI=1S/C40H22N4O2/c1-3-11-32-25(7-1)28-9-5-19-41-39(28)43(32)23-13-16-34-30(21-23)27-15-18-36-37(38(27)46-34)31-22-24(14-17-35(31)45-36)44-33-12-4-2-8-26(33)29-10-6-20-42-40(29)44/h1-22H. The summed E-state index contributed by atoms with van der Waals surface area (Å²) in [5.74, 6) is 0. The molecule has 0 radical (unpaired) electrons. The molecule has 11 rings (SSSR count). The minimum atomic E-state index is 0.797. The lowest BCUT2D eigenvalue weighted by Crippen LogP contribution is -1.94. The van der Waals surface area contributed by atoms with Crippen molar-refractivity contribution in [2.24, 2.45) is 0 Å². The summed E-state index contributed by atoms with van der Waals surface area (Å²) in [5.41, 5.74) is 9.43. The zero-order valence-electron chi connectivity index (χ0n) is 24.3. The molecule has 11 aromatic rings. The van der Waals surface area contributed by atoms with Crippen molar-refractivity contribution in [3.63, 3.8) is 0 Å². The van der Waals surface area contributed by atoms with Gasteiger partial charge in [0.15, 0.2) is 0 Å². The van der Waals surface area contributed by atoms with Gasteiger partial charge in [0, 0.05) is 61.5 Å². The van der Waals surface area contributed by atoms with Crippen LogP contribution in [-0.4, -0.2) is 19.1 Å². The van der Waals surface area contributed by atoms with Crippen LogP contribution in [0.1, 0.15) is 0 Å². The molecular formula is C40H22N4O2. The number of para-hydroxylation sites is 2. The van der Waals surface area contributed by atoms with Crippen molar-refractivity contribution in [1.82, 2.24) is 19.1 Å². The molecule has 0 aliphatic rings. The van der Waals surface area contributed by atoms with Gasteiger partial charge in [0.1, 0.15) is 33.6 Å². The number of aromatic nitrogens is 4. The fourth-order valence-corrected chi connectivity index (χ4v) is 7.46. The van der Waals surface area contributed by atoms with E-state index in [0.29, 0.717) is 0 Å². The topological polar surface area (TPSA) is 61.9 Å². The third kappa shape index (κ3) is 3.05. The van der Waals surface area contributed by atoms with Crippen LogP contribution in [0.25, 0.3) is 99.1 Å². The highest BCUT2D eigenvalue weighted by atomic mass is 16.3. The van der Waals surface area contributed by atoms with Crippen LogP contribution in [0, 0.1) is 0 Å². The van der Waals surface area contributed by atoms with Gasteiger partial charge >= 0.3 is 0 Å². The Morgan fingerprint density at radius 3 is 1.61 bits per heavy atom. The summed E-state index contributed by atoms with van der Waals surface area (Å²) < 4.78 is 17.5.